The zero-order valence-corrected chi connectivity index (χ0v) is 17.3. The maximum absolute atomic E-state index is 14.1. The maximum Gasteiger partial charge on any atom is 0.250 e. The van der Waals surface area contributed by atoms with Gasteiger partial charge in [-0.15, -0.1) is 0 Å². The van der Waals surface area contributed by atoms with Gasteiger partial charge in [-0.05, 0) is 61.7 Å². The molecular weight excluding hydrogens is 461 g/mol. The zero-order valence-electron chi connectivity index (χ0n) is 14.1. The molecule has 0 N–H and O–H groups in total. The molecule has 0 saturated heterocycles. The lowest BCUT2D eigenvalue weighted by atomic mass is 10.1. The number of carbonyl (C=O) groups is 1. The van der Waals surface area contributed by atoms with Crippen molar-refractivity contribution in [3.63, 3.8) is 0 Å². The van der Waals surface area contributed by atoms with Gasteiger partial charge in [0.05, 0.1) is 0 Å². The number of benzene rings is 2. The summed E-state index contributed by atoms with van der Waals surface area (Å²) in [6.45, 7) is 0. The SMILES string of the molecule is CN(C(=O)/C=C/C=C/C1C(F)C1c1ccc(Br)c(Br)c1)c1ccccc1. The smallest absolute Gasteiger partial charge is 0.250 e. The van der Waals surface area contributed by atoms with Crippen LogP contribution in [0.15, 0.2) is 81.8 Å². The van der Waals surface area contributed by atoms with Crippen molar-refractivity contribution in [3.8, 4) is 0 Å². The Balaban J connectivity index is 1.58. The van der Waals surface area contributed by atoms with Gasteiger partial charge in [-0.2, -0.15) is 0 Å². The van der Waals surface area contributed by atoms with Gasteiger partial charge in [-0.3, -0.25) is 4.79 Å². The van der Waals surface area contributed by atoms with Crippen LogP contribution in [0.3, 0.4) is 0 Å². The third-order valence-electron chi connectivity index (χ3n) is 4.47. The molecule has 1 saturated carbocycles. The second kappa shape index (κ2) is 8.31. The maximum atomic E-state index is 14.1. The van der Waals surface area contributed by atoms with Crippen molar-refractivity contribution < 1.29 is 9.18 Å². The molecule has 1 fully saturated rings. The van der Waals surface area contributed by atoms with Gasteiger partial charge in [-0.25, -0.2) is 4.39 Å². The van der Waals surface area contributed by atoms with E-state index in [1.807, 2.05) is 54.6 Å². The van der Waals surface area contributed by atoms with E-state index in [9.17, 15) is 9.18 Å². The fraction of sp³-hybridized carbons (Fsp3) is 0.190. The summed E-state index contributed by atoms with van der Waals surface area (Å²) in [4.78, 5) is 13.7. The summed E-state index contributed by atoms with van der Waals surface area (Å²) >= 11 is 6.88. The highest BCUT2D eigenvalue weighted by Crippen LogP contribution is 2.51. The van der Waals surface area contributed by atoms with Gasteiger partial charge < -0.3 is 4.90 Å². The van der Waals surface area contributed by atoms with Gasteiger partial charge in [0, 0.05) is 39.6 Å². The standard InChI is InChI=1S/C21H18Br2FNO/c1-25(15-7-3-2-4-8-15)19(26)10-6-5-9-16-20(21(16)24)14-11-12-17(22)18(23)13-14/h2-13,16,20-21H,1H3/b9-5+,10-6+. The van der Waals surface area contributed by atoms with Crippen LogP contribution >= 0.6 is 31.9 Å². The summed E-state index contributed by atoms with van der Waals surface area (Å²) < 4.78 is 16.0. The zero-order chi connectivity index (χ0) is 18.7. The second-order valence-electron chi connectivity index (χ2n) is 6.20. The monoisotopic (exact) mass is 477 g/mol. The molecule has 2 nitrogen and oxygen atoms in total. The first kappa shape index (κ1) is 19.1. The molecule has 26 heavy (non-hydrogen) atoms. The summed E-state index contributed by atoms with van der Waals surface area (Å²) in [5.74, 6) is -0.386. The summed E-state index contributed by atoms with van der Waals surface area (Å²) in [7, 11) is 1.73. The van der Waals surface area contributed by atoms with E-state index in [0.717, 1.165) is 20.2 Å². The molecule has 3 rings (SSSR count). The Morgan fingerprint density at radius 3 is 2.50 bits per heavy atom. The fourth-order valence-corrected chi connectivity index (χ4v) is 3.51. The van der Waals surface area contributed by atoms with E-state index < -0.39 is 6.17 Å². The van der Waals surface area contributed by atoms with Gasteiger partial charge in [0.25, 0.3) is 5.91 Å². The Bertz CT molecular complexity index is 850. The molecule has 1 aliphatic carbocycles. The molecule has 0 aromatic heterocycles. The number of nitrogens with zero attached hydrogens (tertiary/aromatic N) is 1. The normalized spacial score (nSPS) is 22.1. The quantitative estimate of drug-likeness (QED) is 0.379. The van der Waals surface area contributed by atoms with Gasteiger partial charge in [-0.1, -0.05) is 42.5 Å². The van der Waals surface area contributed by atoms with Crippen LogP contribution in [0.5, 0.6) is 0 Å². The fourth-order valence-electron chi connectivity index (χ4n) is 2.87. The van der Waals surface area contributed by atoms with Crippen molar-refractivity contribution in [2.45, 2.75) is 12.1 Å². The van der Waals surface area contributed by atoms with Crippen molar-refractivity contribution in [1.82, 2.24) is 0 Å². The van der Waals surface area contributed by atoms with Crippen LogP contribution in [-0.2, 0) is 4.79 Å². The number of carbonyl (C=O) groups excluding carboxylic acids is 1. The van der Waals surface area contributed by atoms with Crippen LogP contribution in [0.1, 0.15) is 11.5 Å². The van der Waals surface area contributed by atoms with Crippen molar-refractivity contribution in [1.29, 1.82) is 0 Å². The van der Waals surface area contributed by atoms with E-state index in [0.29, 0.717) is 0 Å². The first-order valence-electron chi connectivity index (χ1n) is 8.25. The van der Waals surface area contributed by atoms with Crippen LogP contribution < -0.4 is 4.90 Å². The number of para-hydroxylation sites is 1. The van der Waals surface area contributed by atoms with E-state index in [1.54, 1.807) is 24.1 Å². The van der Waals surface area contributed by atoms with Crippen molar-refractivity contribution in [2.24, 2.45) is 5.92 Å². The highest BCUT2D eigenvalue weighted by Gasteiger charge is 2.50. The number of hydrogen-bond donors (Lipinski definition) is 0. The van der Waals surface area contributed by atoms with Crippen LogP contribution in [0.4, 0.5) is 10.1 Å². The summed E-state index contributed by atoms with van der Waals surface area (Å²) in [6, 6.07) is 15.2. The molecule has 0 spiro atoms. The molecule has 0 bridgehead atoms. The summed E-state index contributed by atoms with van der Waals surface area (Å²) in [6.07, 6.45) is 5.86. The van der Waals surface area contributed by atoms with Crippen LogP contribution in [0.2, 0.25) is 0 Å². The number of alkyl halides is 1. The molecule has 134 valence electrons. The highest BCUT2D eigenvalue weighted by molar-refractivity contribution is 9.13. The summed E-state index contributed by atoms with van der Waals surface area (Å²) in [5, 5.41) is 0. The predicted molar refractivity (Wildman–Crippen MR) is 111 cm³/mol. The van der Waals surface area contributed by atoms with E-state index in [4.69, 9.17) is 0 Å². The number of hydrogen-bond acceptors (Lipinski definition) is 1. The average Bonchev–Trinajstić information content (AvgIpc) is 3.30. The molecule has 1 aliphatic rings. The van der Waals surface area contributed by atoms with Crippen LogP contribution in [-0.4, -0.2) is 19.1 Å². The molecule has 5 heteroatoms. The lowest BCUT2D eigenvalue weighted by Gasteiger charge is -2.14. The minimum Gasteiger partial charge on any atom is -0.312 e. The number of anilines is 1. The third kappa shape index (κ3) is 4.33. The highest BCUT2D eigenvalue weighted by atomic mass is 79.9. The first-order valence-corrected chi connectivity index (χ1v) is 9.84. The third-order valence-corrected chi connectivity index (χ3v) is 6.35. The van der Waals surface area contributed by atoms with Crippen molar-refractivity contribution in [2.75, 3.05) is 11.9 Å². The topological polar surface area (TPSA) is 20.3 Å². The molecule has 0 radical (unpaired) electrons. The molecule has 2 aromatic rings. The van der Waals surface area contributed by atoms with Gasteiger partial charge >= 0.3 is 0 Å². The number of likely N-dealkylation sites (N-methyl/N-ethyl adjacent to an activating group) is 1. The van der Waals surface area contributed by atoms with Crippen LogP contribution in [0, 0.1) is 5.92 Å². The molecular formula is C21H18Br2FNO. The molecule has 1 amide bonds. The number of rotatable bonds is 5. The number of amides is 1. The Morgan fingerprint density at radius 2 is 1.81 bits per heavy atom. The lowest BCUT2D eigenvalue weighted by Crippen LogP contribution is -2.23. The Morgan fingerprint density at radius 1 is 1.08 bits per heavy atom. The molecule has 3 unspecified atom stereocenters. The van der Waals surface area contributed by atoms with E-state index in [-0.39, 0.29) is 17.7 Å². The van der Waals surface area contributed by atoms with Gasteiger partial charge in [0.1, 0.15) is 6.17 Å². The molecule has 3 atom stereocenters. The lowest BCUT2D eigenvalue weighted by molar-refractivity contribution is -0.113. The predicted octanol–water partition coefficient (Wildman–Crippen LogP) is 6.04. The van der Waals surface area contributed by atoms with E-state index in [2.05, 4.69) is 31.9 Å². The first-order chi connectivity index (χ1) is 12.5. The molecule has 0 aliphatic heterocycles. The number of allylic oxidation sites excluding steroid dienone is 3. The summed E-state index contributed by atoms with van der Waals surface area (Å²) in [5.41, 5.74) is 1.81. The minimum atomic E-state index is -0.879. The van der Waals surface area contributed by atoms with Gasteiger partial charge in [0.15, 0.2) is 0 Å². The van der Waals surface area contributed by atoms with E-state index in [1.165, 1.54) is 6.08 Å². The number of halogens is 3. The van der Waals surface area contributed by atoms with E-state index >= 15 is 0 Å². The minimum absolute atomic E-state index is 0.119. The van der Waals surface area contributed by atoms with Crippen molar-refractivity contribution in [3.05, 3.63) is 87.3 Å². The van der Waals surface area contributed by atoms with Gasteiger partial charge in [0.2, 0.25) is 0 Å². The Hall–Kier alpha value is -1.72. The largest absolute Gasteiger partial charge is 0.312 e. The Kier molecular flexibility index (Phi) is 6.09. The molecule has 2 aromatic carbocycles. The average molecular weight is 479 g/mol. The second-order valence-corrected chi connectivity index (χ2v) is 7.91. The van der Waals surface area contributed by atoms with Crippen molar-refractivity contribution >= 4 is 43.5 Å². The molecule has 0 heterocycles. The van der Waals surface area contributed by atoms with Crippen LogP contribution in [0.25, 0.3) is 0 Å². The Labute approximate surface area is 169 Å².